The summed E-state index contributed by atoms with van der Waals surface area (Å²) in [5.41, 5.74) is 0. The van der Waals surface area contributed by atoms with Gasteiger partial charge in [0.15, 0.2) is 0 Å². The third-order valence-corrected chi connectivity index (χ3v) is 8.14. The van der Waals surface area contributed by atoms with Crippen LogP contribution in [0, 0.1) is 11.8 Å². The zero-order valence-electron chi connectivity index (χ0n) is 15.3. The standard InChI is InChI=1S/C19H27N3O3S/c1-2-5-17-14-10-15(18-7-3-8-19(23)22(17)18)13-21(12-14)26(24,25)16-6-4-9-20-11-16/h4,6,9,11,14-15,17-18H,2-3,5,7-8,10,12-13H2,1H3/t14-,15+,17-,18-/m0/s1. The molecule has 0 aromatic carbocycles. The van der Waals surface area contributed by atoms with E-state index in [1.54, 1.807) is 22.6 Å². The van der Waals surface area contributed by atoms with Crippen LogP contribution < -0.4 is 0 Å². The maximum atomic E-state index is 13.1. The molecule has 4 rings (SSSR count). The van der Waals surface area contributed by atoms with Crippen molar-refractivity contribution in [3.05, 3.63) is 24.5 Å². The molecule has 3 saturated heterocycles. The lowest BCUT2D eigenvalue weighted by atomic mass is 9.71. The van der Waals surface area contributed by atoms with Gasteiger partial charge in [-0.05, 0) is 49.7 Å². The van der Waals surface area contributed by atoms with Crippen LogP contribution in [0.5, 0.6) is 0 Å². The average molecular weight is 378 g/mol. The summed E-state index contributed by atoms with van der Waals surface area (Å²) in [5.74, 6) is 0.758. The van der Waals surface area contributed by atoms with E-state index in [-0.39, 0.29) is 34.7 Å². The van der Waals surface area contributed by atoms with E-state index in [0.29, 0.717) is 19.5 Å². The fourth-order valence-electron chi connectivity index (χ4n) is 5.25. The van der Waals surface area contributed by atoms with Crippen LogP contribution in [0.2, 0.25) is 0 Å². The number of aromatic nitrogens is 1. The molecule has 26 heavy (non-hydrogen) atoms. The number of hydrogen-bond acceptors (Lipinski definition) is 4. The second kappa shape index (κ2) is 6.93. The van der Waals surface area contributed by atoms with Gasteiger partial charge in [0.1, 0.15) is 4.90 Å². The molecule has 1 amide bonds. The number of sulfonamides is 1. The molecule has 0 saturated carbocycles. The largest absolute Gasteiger partial charge is 0.336 e. The Labute approximate surface area is 155 Å². The van der Waals surface area contributed by atoms with Gasteiger partial charge < -0.3 is 4.90 Å². The summed E-state index contributed by atoms with van der Waals surface area (Å²) in [4.78, 5) is 19.0. The Morgan fingerprint density at radius 3 is 2.81 bits per heavy atom. The molecule has 142 valence electrons. The van der Waals surface area contributed by atoms with E-state index in [0.717, 1.165) is 32.1 Å². The highest BCUT2D eigenvalue weighted by Gasteiger charge is 2.50. The van der Waals surface area contributed by atoms with Crippen molar-refractivity contribution in [2.75, 3.05) is 13.1 Å². The minimum Gasteiger partial charge on any atom is -0.336 e. The van der Waals surface area contributed by atoms with Crippen molar-refractivity contribution >= 4 is 15.9 Å². The fourth-order valence-corrected chi connectivity index (χ4v) is 6.76. The quantitative estimate of drug-likeness (QED) is 0.807. The summed E-state index contributed by atoms with van der Waals surface area (Å²) in [7, 11) is -3.53. The first-order valence-electron chi connectivity index (χ1n) is 9.73. The summed E-state index contributed by atoms with van der Waals surface area (Å²) in [5, 5.41) is 0. The average Bonchev–Trinajstić information content (AvgIpc) is 2.66. The van der Waals surface area contributed by atoms with Gasteiger partial charge >= 0.3 is 0 Å². The summed E-state index contributed by atoms with van der Waals surface area (Å²) < 4.78 is 27.9. The molecule has 0 spiro atoms. The zero-order valence-corrected chi connectivity index (χ0v) is 16.1. The molecular formula is C19H27N3O3S. The number of pyridine rings is 1. The minimum atomic E-state index is -3.53. The summed E-state index contributed by atoms with van der Waals surface area (Å²) in [6.45, 7) is 3.17. The molecule has 6 nitrogen and oxygen atoms in total. The molecule has 0 radical (unpaired) electrons. The molecular weight excluding hydrogens is 350 g/mol. The van der Waals surface area contributed by atoms with Gasteiger partial charge in [-0.2, -0.15) is 4.31 Å². The molecule has 4 atom stereocenters. The van der Waals surface area contributed by atoms with Crippen LogP contribution in [0.1, 0.15) is 45.4 Å². The minimum absolute atomic E-state index is 0.181. The predicted octanol–water partition coefficient (Wildman–Crippen LogP) is 2.27. The monoisotopic (exact) mass is 377 g/mol. The fraction of sp³-hybridized carbons (Fsp3) is 0.684. The van der Waals surface area contributed by atoms with Crippen molar-refractivity contribution in [2.24, 2.45) is 11.8 Å². The van der Waals surface area contributed by atoms with Crippen molar-refractivity contribution in [1.82, 2.24) is 14.2 Å². The molecule has 0 unspecified atom stereocenters. The molecule has 7 heteroatoms. The molecule has 0 aliphatic carbocycles. The van der Waals surface area contributed by atoms with Crippen LogP contribution in [0.3, 0.4) is 0 Å². The molecule has 3 aliphatic heterocycles. The Morgan fingerprint density at radius 2 is 2.08 bits per heavy atom. The van der Waals surface area contributed by atoms with Crippen LogP contribution in [-0.2, 0) is 14.8 Å². The molecule has 2 bridgehead atoms. The van der Waals surface area contributed by atoms with Gasteiger partial charge in [0, 0.05) is 44.0 Å². The van der Waals surface area contributed by atoms with Crippen LogP contribution >= 0.6 is 0 Å². The molecule has 4 heterocycles. The Balaban J connectivity index is 1.65. The van der Waals surface area contributed by atoms with Gasteiger partial charge in [0.2, 0.25) is 15.9 Å². The lowest BCUT2D eigenvalue weighted by Gasteiger charge is -2.56. The van der Waals surface area contributed by atoms with Crippen LogP contribution in [-0.4, -0.2) is 53.7 Å². The van der Waals surface area contributed by atoms with E-state index in [4.69, 9.17) is 0 Å². The van der Waals surface area contributed by atoms with E-state index in [1.165, 1.54) is 6.20 Å². The molecule has 0 N–H and O–H groups in total. The normalized spacial score (nSPS) is 32.3. The van der Waals surface area contributed by atoms with Crippen LogP contribution in [0.15, 0.2) is 29.4 Å². The van der Waals surface area contributed by atoms with Crippen molar-refractivity contribution in [1.29, 1.82) is 0 Å². The molecule has 3 aliphatic rings. The zero-order chi connectivity index (χ0) is 18.3. The molecule has 1 aromatic rings. The molecule has 1 aromatic heterocycles. The van der Waals surface area contributed by atoms with Gasteiger partial charge in [0.25, 0.3) is 0 Å². The van der Waals surface area contributed by atoms with Gasteiger partial charge in [-0.25, -0.2) is 8.42 Å². The number of rotatable bonds is 4. The maximum absolute atomic E-state index is 13.1. The first-order valence-corrected chi connectivity index (χ1v) is 11.2. The van der Waals surface area contributed by atoms with Gasteiger partial charge in [-0.3, -0.25) is 9.78 Å². The second-order valence-electron chi connectivity index (χ2n) is 7.88. The number of nitrogens with zero attached hydrogens (tertiary/aromatic N) is 3. The highest BCUT2D eigenvalue weighted by molar-refractivity contribution is 7.89. The Bertz CT molecular complexity index is 767. The topological polar surface area (TPSA) is 70.6 Å². The van der Waals surface area contributed by atoms with E-state index in [2.05, 4.69) is 16.8 Å². The van der Waals surface area contributed by atoms with E-state index in [1.807, 2.05) is 0 Å². The van der Waals surface area contributed by atoms with Crippen molar-refractivity contribution in [3.63, 3.8) is 0 Å². The third-order valence-electron chi connectivity index (χ3n) is 6.32. The van der Waals surface area contributed by atoms with E-state index >= 15 is 0 Å². The molecule has 3 fully saturated rings. The number of carbonyl (C=O) groups is 1. The highest BCUT2D eigenvalue weighted by atomic mass is 32.2. The Morgan fingerprint density at radius 1 is 1.27 bits per heavy atom. The first-order chi connectivity index (χ1) is 12.5. The van der Waals surface area contributed by atoms with E-state index in [9.17, 15) is 13.2 Å². The lowest BCUT2D eigenvalue weighted by Crippen LogP contribution is -2.65. The van der Waals surface area contributed by atoms with Crippen molar-refractivity contribution < 1.29 is 13.2 Å². The highest BCUT2D eigenvalue weighted by Crippen LogP contribution is 2.43. The van der Waals surface area contributed by atoms with Crippen LogP contribution in [0.25, 0.3) is 0 Å². The maximum Gasteiger partial charge on any atom is 0.244 e. The first kappa shape index (κ1) is 17.9. The van der Waals surface area contributed by atoms with Crippen molar-refractivity contribution in [2.45, 2.75) is 62.4 Å². The van der Waals surface area contributed by atoms with Crippen LogP contribution in [0.4, 0.5) is 0 Å². The summed E-state index contributed by atoms with van der Waals surface area (Å²) in [6, 6.07) is 3.67. The number of hydrogen-bond donors (Lipinski definition) is 0. The van der Waals surface area contributed by atoms with Crippen molar-refractivity contribution in [3.8, 4) is 0 Å². The van der Waals surface area contributed by atoms with Gasteiger partial charge in [0.05, 0.1) is 0 Å². The number of fused-ring (bicyclic) bond motifs is 4. The van der Waals surface area contributed by atoms with Gasteiger partial charge in [-0.15, -0.1) is 0 Å². The SMILES string of the molecule is CCC[C@H]1[C@H]2C[C@H](CN(S(=O)(=O)c3cccnc3)C2)[C@@H]2CCCC(=O)N21. The lowest BCUT2D eigenvalue weighted by molar-refractivity contribution is -0.151. The summed E-state index contributed by atoms with van der Waals surface area (Å²) in [6.07, 6.45) is 8.61. The predicted molar refractivity (Wildman–Crippen MR) is 97.8 cm³/mol. The Kier molecular flexibility index (Phi) is 4.77. The third kappa shape index (κ3) is 2.95. The van der Waals surface area contributed by atoms with E-state index < -0.39 is 10.0 Å². The number of piperidine rings is 3. The van der Waals surface area contributed by atoms with Gasteiger partial charge in [-0.1, -0.05) is 13.3 Å². The number of carbonyl (C=O) groups excluding carboxylic acids is 1. The number of amides is 1. The smallest absolute Gasteiger partial charge is 0.244 e. The second-order valence-corrected chi connectivity index (χ2v) is 9.82. The Hall–Kier alpha value is -1.47. The summed E-state index contributed by atoms with van der Waals surface area (Å²) >= 11 is 0.